The molecule has 2 N–H and O–H groups in total. The zero-order valence-corrected chi connectivity index (χ0v) is 16.3. The largest absolute Gasteiger partial charge is 0.493 e. The van der Waals surface area contributed by atoms with Crippen LogP contribution in [-0.4, -0.2) is 47.2 Å². The minimum absolute atomic E-state index is 0.121. The third-order valence-electron chi connectivity index (χ3n) is 4.35. The molecule has 0 aliphatic heterocycles. The Hall–Kier alpha value is -3.49. The number of carbonyl (C=O) groups excluding carboxylic acids is 1. The van der Waals surface area contributed by atoms with Gasteiger partial charge in [-0.2, -0.15) is 10.2 Å². The SMILES string of the molecule is COc1cc(-c2cc(NC(=O)CCc3ccnn3C)n[nH]2)cc(OC)c1OC. The van der Waals surface area contributed by atoms with Crippen molar-refractivity contribution >= 4 is 11.7 Å². The van der Waals surface area contributed by atoms with E-state index in [0.717, 1.165) is 11.3 Å². The Morgan fingerprint density at radius 2 is 1.86 bits per heavy atom. The van der Waals surface area contributed by atoms with Crippen molar-refractivity contribution < 1.29 is 19.0 Å². The van der Waals surface area contributed by atoms with Crippen LogP contribution in [0.15, 0.2) is 30.5 Å². The Labute approximate surface area is 162 Å². The summed E-state index contributed by atoms with van der Waals surface area (Å²) in [5.74, 6) is 1.90. The Morgan fingerprint density at radius 1 is 1.14 bits per heavy atom. The maximum Gasteiger partial charge on any atom is 0.225 e. The number of hydrogen-bond acceptors (Lipinski definition) is 6. The first-order valence-electron chi connectivity index (χ1n) is 8.68. The lowest BCUT2D eigenvalue weighted by Gasteiger charge is -2.13. The number of benzene rings is 1. The summed E-state index contributed by atoms with van der Waals surface area (Å²) >= 11 is 0. The summed E-state index contributed by atoms with van der Waals surface area (Å²) in [4.78, 5) is 12.2. The molecule has 28 heavy (non-hydrogen) atoms. The normalized spacial score (nSPS) is 10.6. The highest BCUT2D eigenvalue weighted by Crippen LogP contribution is 2.41. The number of H-pyrrole nitrogens is 1. The van der Waals surface area contributed by atoms with Crippen molar-refractivity contribution in [1.29, 1.82) is 0 Å². The average Bonchev–Trinajstić information content (AvgIpc) is 3.33. The number of anilines is 1. The van der Waals surface area contributed by atoms with E-state index in [1.165, 1.54) is 0 Å². The Balaban J connectivity index is 1.71. The molecule has 148 valence electrons. The van der Waals surface area contributed by atoms with E-state index in [-0.39, 0.29) is 5.91 Å². The number of rotatable bonds is 8. The topological polar surface area (TPSA) is 103 Å². The van der Waals surface area contributed by atoms with E-state index in [1.54, 1.807) is 38.3 Å². The Morgan fingerprint density at radius 3 is 2.43 bits per heavy atom. The molecule has 2 heterocycles. The van der Waals surface area contributed by atoms with Crippen LogP contribution in [0.4, 0.5) is 5.82 Å². The molecule has 0 radical (unpaired) electrons. The fourth-order valence-electron chi connectivity index (χ4n) is 2.86. The quantitative estimate of drug-likeness (QED) is 0.617. The van der Waals surface area contributed by atoms with Crippen LogP contribution in [0.5, 0.6) is 17.2 Å². The summed E-state index contributed by atoms with van der Waals surface area (Å²) in [6.45, 7) is 0. The number of aromatic nitrogens is 4. The van der Waals surface area contributed by atoms with E-state index in [9.17, 15) is 4.79 Å². The van der Waals surface area contributed by atoms with Crippen molar-refractivity contribution in [1.82, 2.24) is 20.0 Å². The molecule has 2 aromatic heterocycles. The van der Waals surface area contributed by atoms with E-state index >= 15 is 0 Å². The first kappa shape index (κ1) is 19.3. The number of hydrogen-bond donors (Lipinski definition) is 2. The number of methoxy groups -OCH3 is 3. The van der Waals surface area contributed by atoms with E-state index in [4.69, 9.17) is 14.2 Å². The fraction of sp³-hybridized carbons (Fsp3) is 0.316. The Bertz CT molecular complexity index is 938. The third-order valence-corrected chi connectivity index (χ3v) is 4.35. The molecule has 0 aliphatic carbocycles. The van der Waals surface area contributed by atoms with Gasteiger partial charge in [-0.05, 0) is 24.6 Å². The third kappa shape index (κ3) is 4.08. The molecule has 1 aromatic carbocycles. The van der Waals surface area contributed by atoms with E-state index in [0.29, 0.717) is 41.6 Å². The number of amides is 1. The zero-order chi connectivity index (χ0) is 20.1. The molecule has 0 aliphatic rings. The van der Waals surface area contributed by atoms with Gasteiger partial charge in [-0.1, -0.05) is 0 Å². The number of carbonyl (C=O) groups is 1. The summed E-state index contributed by atoms with van der Waals surface area (Å²) in [7, 11) is 6.52. The predicted molar refractivity (Wildman–Crippen MR) is 104 cm³/mol. The molecule has 3 aromatic rings. The van der Waals surface area contributed by atoms with Crippen molar-refractivity contribution in [2.45, 2.75) is 12.8 Å². The molecule has 0 bridgehead atoms. The fourth-order valence-corrected chi connectivity index (χ4v) is 2.86. The van der Waals surface area contributed by atoms with Crippen LogP contribution in [0.25, 0.3) is 11.3 Å². The van der Waals surface area contributed by atoms with Crippen molar-refractivity contribution in [2.75, 3.05) is 26.6 Å². The highest BCUT2D eigenvalue weighted by Gasteiger charge is 2.16. The minimum Gasteiger partial charge on any atom is -0.493 e. The van der Waals surface area contributed by atoms with Gasteiger partial charge >= 0.3 is 0 Å². The first-order valence-corrected chi connectivity index (χ1v) is 8.68. The maximum atomic E-state index is 12.2. The molecular formula is C19H23N5O4. The summed E-state index contributed by atoms with van der Waals surface area (Å²) in [6.07, 6.45) is 2.66. The summed E-state index contributed by atoms with van der Waals surface area (Å²) in [5.41, 5.74) is 2.49. The lowest BCUT2D eigenvalue weighted by atomic mass is 10.1. The highest BCUT2D eigenvalue weighted by molar-refractivity contribution is 5.90. The van der Waals surface area contributed by atoms with Gasteiger partial charge in [0.2, 0.25) is 11.7 Å². The van der Waals surface area contributed by atoms with Crippen LogP contribution in [-0.2, 0) is 18.3 Å². The lowest BCUT2D eigenvalue weighted by molar-refractivity contribution is -0.116. The van der Waals surface area contributed by atoms with E-state index in [1.807, 2.05) is 25.2 Å². The molecule has 3 rings (SSSR count). The van der Waals surface area contributed by atoms with Crippen LogP contribution in [0.2, 0.25) is 0 Å². The second kappa shape index (κ2) is 8.47. The van der Waals surface area contributed by atoms with Crippen LogP contribution in [0.3, 0.4) is 0 Å². The molecular weight excluding hydrogens is 362 g/mol. The van der Waals surface area contributed by atoms with Gasteiger partial charge in [0.05, 0.1) is 27.0 Å². The lowest BCUT2D eigenvalue weighted by Crippen LogP contribution is -2.13. The minimum atomic E-state index is -0.121. The molecule has 0 saturated carbocycles. The number of aromatic amines is 1. The van der Waals surface area contributed by atoms with Gasteiger partial charge in [0, 0.05) is 37.0 Å². The number of nitrogens with one attached hydrogen (secondary N) is 2. The number of aryl methyl sites for hydroxylation is 2. The number of nitrogens with zero attached hydrogens (tertiary/aromatic N) is 3. The molecule has 0 saturated heterocycles. The Kier molecular flexibility index (Phi) is 5.83. The van der Waals surface area contributed by atoms with Crippen molar-refractivity contribution in [2.24, 2.45) is 7.05 Å². The summed E-state index contributed by atoms with van der Waals surface area (Å²) in [5, 5.41) is 14.0. The van der Waals surface area contributed by atoms with Crippen molar-refractivity contribution in [3.05, 3.63) is 36.2 Å². The monoisotopic (exact) mass is 385 g/mol. The van der Waals surface area contributed by atoms with Crippen LogP contribution < -0.4 is 19.5 Å². The molecule has 0 atom stereocenters. The number of ether oxygens (including phenoxy) is 3. The maximum absolute atomic E-state index is 12.2. The van der Waals surface area contributed by atoms with Gasteiger partial charge in [-0.25, -0.2) is 0 Å². The predicted octanol–water partition coefficient (Wildman–Crippen LogP) is 2.41. The molecule has 9 nitrogen and oxygen atoms in total. The first-order chi connectivity index (χ1) is 13.5. The van der Waals surface area contributed by atoms with Gasteiger partial charge in [-0.15, -0.1) is 0 Å². The van der Waals surface area contributed by atoms with Gasteiger partial charge in [-0.3, -0.25) is 14.6 Å². The van der Waals surface area contributed by atoms with Crippen LogP contribution in [0.1, 0.15) is 12.1 Å². The zero-order valence-electron chi connectivity index (χ0n) is 16.3. The van der Waals surface area contributed by atoms with Gasteiger partial charge in [0.15, 0.2) is 17.3 Å². The van der Waals surface area contributed by atoms with Crippen LogP contribution >= 0.6 is 0 Å². The second-order valence-corrected chi connectivity index (χ2v) is 6.08. The second-order valence-electron chi connectivity index (χ2n) is 6.08. The van der Waals surface area contributed by atoms with Gasteiger partial charge in [0.1, 0.15) is 0 Å². The van der Waals surface area contributed by atoms with E-state index < -0.39 is 0 Å². The van der Waals surface area contributed by atoms with E-state index in [2.05, 4.69) is 20.6 Å². The van der Waals surface area contributed by atoms with Crippen molar-refractivity contribution in [3.8, 4) is 28.5 Å². The summed E-state index contributed by atoms with van der Waals surface area (Å²) in [6, 6.07) is 7.26. The smallest absolute Gasteiger partial charge is 0.225 e. The van der Waals surface area contributed by atoms with Gasteiger partial charge < -0.3 is 19.5 Å². The molecule has 0 fully saturated rings. The molecule has 1 amide bonds. The highest BCUT2D eigenvalue weighted by atomic mass is 16.5. The van der Waals surface area contributed by atoms with Crippen molar-refractivity contribution in [3.63, 3.8) is 0 Å². The molecule has 0 unspecified atom stereocenters. The molecule has 9 heteroatoms. The van der Waals surface area contributed by atoms with Crippen LogP contribution in [0, 0.1) is 0 Å². The average molecular weight is 385 g/mol. The molecule has 0 spiro atoms. The standard InChI is InChI=1S/C19H23N5O4/c1-24-13(7-8-20-24)5-6-18(25)21-17-11-14(22-23-17)12-9-15(26-2)19(28-4)16(10-12)27-3/h7-11H,5-6H2,1-4H3,(H2,21,22,23,25). The summed E-state index contributed by atoms with van der Waals surface area (Å²) < 4.78 is 17.8. The van der Waals surface area contributed by atoms with Gasteiger partial charge in [0.25, 0.3) is 0 Å².